The van der Waals surface area contributed by atoms with E-state index in [2.05, 4.69) is 31.0 Å². The third kappa shape index (κ3) is 3.74. The summed E-state index contributed by atoms with van der Waals surface area (Å²) in [7, 11) is 0. The molecule has 1 rings (SSSR count). The number of nitrogens with zero attached hydrogens (tertiary/aromatic N) is 1. The number of aliphatic hydroxyl groups excluding tert-OH is 1. The van der Waals surface area contributed by atoms with Crippen molar-refractivity contribution in [1.82, 2.24) is 5.32 Å². The number of carbonyl (C=O) groups is 1. The van der Waals surface area contributed by atoms with Crippen LogP contribution in [0, 0.1) is 0 Å². The van der Waals surface area contributed by atoms with Gasteiger partial charge in [-0.2, -0.15) is 0 Å². The minimum Gasteiger partial charge on any atom is -0.395 e. The van der Waals surface area contributed by atoms with E-state index in [1.165, 1.54) is 0 Å². The van der Waals surface area contributed by atoms with Crippen LogP contribution in [0.1, 0.15) is 31.1 Å². The maximum Gasteiger partial charge on any atom is 0.251 e. The van der Waals surface area contributed by atoms with Crippen molar-refractivity contribution >= 4 is 11.6 Å². The average Bonchev–Trinajstić information content (AvgIpc) is 2.37. The van der Waals surface area contributed by atoms with Gasteiger partial charge >= 0.3 is 0 Å². The monoisotopic (exact) mass is 250 g/mol. The molecule has 0 aliphatic carbocycles. The summed E-state index contributed by atoms with van der Waals surface area (Å²) in [5, 5.41) is 11.3. The standard InChI is InChI=1S/C14H22N2O2/c1-4-16(11(2)3)13-7-5-12(6-8-13)14(18)15-9-10-17/h5-8,11,17H,4,9-10H2,1-3H3,(H,15,18). The van der Waals surface area contributed by atoms with Gasteiger partial charge in [-0.1, -0.05) is 0 Å². The molecule has 0 bridgehead atoms. The van der Waals surface area contributed by atoms with Crippen LogP contribution in [-0.2, 0) is 0 Å². The highest BCUT2D eigenvalue weighted by molar-refractivity contribution is 5.94. The van der Waals surface area contributed by atoms with Gasteiger partial charge in [0.1, 0.15) is 0 Å². The molecule has 0 aliphatic rings. The number of aliphatic hydroxyl groups is 1. The van der Waals surface area contributed by atoms with E-state index in [-0.39, 0.29) is 19.1 Å². The second-order valence-corrected chi connectivity index (χ2v) is 4.41. The first-order chi connectivity index (χ1) is 8.60. The zero-order valence-electron chi connectivity index (χ0n) is 11.3. The van der Waals surface area contributed by atoms with Crippen molar-refractivity contribution in [1.29, 1.82) is 0 Å². The van der Waals surface area contributed by atoms with Gasteiger partial charge in [0.15, 0.2) is 0 Å². The van der Waals surface area contributed by atoms with Crippen LogP contribution in [0.25, 0.3) is 0 Å². The predicted octanol–water partition coefficient (Wildman–Crippen LogP) is 1.64. The Kier molecular flexibility index (Phi) is 5.65. The van der Waals surface area contributed by atoms with Crippen LogP contribution < -0.4 is 10.2 Å². The number of rotatable bonds is 6. The van der Waals surface area contributed by atoms with Crippen LogP contribution in [0.5, 0.6) is 0 Å². The van der Waals surface area contributed by atoms with Gasteiger partial charge in [0, 0.05) is 30.4 Å². The lowest BCUT2D eigenvalue weighted by atomic mass is 10.1. The molecule has 100 valence electrons. The Balaban J connectivity index is 2.76. The molecule has 0 saturated carbocycles. The lowest BCUT2D eigenvalue weighted by molar-refractivity contribution is 0.0945. The number of anilines is 1. The molecule has 0 spiro atoms. The Morgan fingerprint density at radius 2 is 1.94 bits per heavy atom. The third-order valence-corrected chi connectivity index (χ3v) is 2.82. The van der Waals surface area contributed by atoms with E-state index in [4.69, 9.17) is 5.11 Å². The maximum absolute atomic E-state index is 11.7. The number of carbonyl (C=O) groups excluding carboxylic acids is 1. The zero-order chi connectivity index (χ0) is 13.5. The van der Waals surface area contributed by atoms with Gasteiger partial charge < -0.3 is 15.3 Å². The van der Waals surface area contributed by atoms with Crippen molar-refractivity contribution in [2.45, 2.75) is 26.8 Å². The van der Waals surface area contributed by atoms with Gasteiger partial charge in [0.25, 0.3) is 5.91 Å². The van der Waals surface area contributed by atoms with Crippen LogP contribution in [0.4, 0.5) is 5.69 Å². The molecular formula is C14H22N2O2. The van der Waals surface area contributed by atoms with Crippen LogP contribution in [0.3, 0.4) is 0 Å². The van der Waals surface area contributed by atoms with Crippen LogP contribution in [0.2, 0.25) is 0 Å². The lowest BCUT2D eigenvalue weighted by Crippen LogP contribution is -2.30. The van der Waals surface area contributed by atoms with E-state index in [9.17, 15) is 4.79 Å². The number of amides is 1. The van der Waals surface area contributed by atoms with Crippen LogP contribution >= 0.6 is 0 Å². The molecular weight excluding hydrogens is 228 g/mol. The highest BCUT2D eigenvalue weighted by atomic mass is 16.3. The van der Waals surface area contributed by atoms with Crippen LogP contribution in [0.15, 0.2) is 24.3 Å². The fraction of sp³-hybridized carbons (Fsp3) is 0.500. The fourth-order valence-electron chi connectivity index (χ4n) is 1.92. The van der Waals surface area contributed by atoms with E-state index in [0.717, 1.165) is 12.2 Å². The van der Waals surface area contributed by atoms with Gasteiger partial charge in [-0.25, -0.2) is 0 Å². The second kappa shape index (κ2) is 7.01. The van der Waals surface area contributed by atoms with Gasteiger partial charge in [-0.15, -0.1) is 0 Å². The van der Waals surface area contributed by atoms with Gasteiger partial charge in [0.05, 0.1) is 6.61 Å². The Hall–Kier alpha value is -1.55. The predicted molar refractivity (Wildman–Crippen MR) is 74.0 cm³/mol. The summed E-state index contributed by atoms with van der Waals surface area (Å²) in [4.78, 5) is 13.9. The van der Waals surface area contributed by atoms with E-state index in [0.29, 0.717) is 11.6 Å². The summed E-state index contributed by atoms with van der Waals surface area (Å²) in [6.45, 7) is 7.58. The number of nitrogens with one attached hydrogen (secondary N) is 1. The van der Waals surface area contributed by atoms with Crippen molar-refractivity contribution in [3.05, 3.63) is 29.8 Å². The molecule has 0 aromatic heterocycles. The number of benzene rings is 1. The van der Waals surface area contributed by atoms with E-state index >= 15 is 0 Å². The highest BCUT2D eigenvalue weighted by Crippen LogP contribution is 2.17. The van der Waals surface area contributed by atoms with E-state index in [1.54, 1.807) is 0 Å². The molecule has 18 heavy (non-hydrogen) atoms. The topological polar surface area (TPSA) is 52.6 Å². The zero-order valence-corrected chi connectivity index (χ0v) is 11.3. The Labute approximate surface area is 109 Å². The van der Waals surface area contributed by atoms with Gasteiger partial charge in [0.2, 0.25) is 0 Å². The Morgan fingerprint density at radius 3 is 2.39 bits per heavy atom. The van der Waals surface area contributed by atoms with Gasteiger partial charge in [-0.05, 0) is 45.0 Å². The largest absolute Gasteiger partial charge is 0.395 e. The van der Waals surface area contributed by atoms with E-state index in [1.807, 2.05) is 24.3 Å². The summed E-state index contributed by atoms with van der Waals surface area (Å²) >= 11 is 0. The molecule has 0 aliphatic heterocycles. The average molecular weight is 250 g/mol. The van der Waals surface area contributed by atoms with E-state index < -0.39 is 0 Å². The second-order valence-electron chi connectivity index (χ2n) is 4.41. The smallest absolute Gasteiger partial charge is 0.251 e. The Morgan fingerprint density at radius 1 is 1.33 bits per heavy atom. The third-order valence-electron chi connectivity index (χ3n) is 2.82. The molecule has 2 N–H and O–H groups in total. The van der Waals surface area contributed by atoms with Crippen molar-refractivity contribution in [3.8, 4) is 0 Å². The highest BCUT2D eigenvalue weighted by Gasteiger charge is 2.09. The molecule has 0 saturated heterocycles. The SMILES string of the molecule is CCN(c1ccc(C(=O)NCCO)cc1)C(C)C. The van der Waals surface area contributed by atoms with Gasteiger partial charge in [-0.3, -0.25) is 4.79 Å². The number of hydrogen-bond acceptors (Lipinski definition) is 3. The molecule has 0 atom stereocenters. The molecule has 4 nitrogen and oxygen atoms in total. The fourth-order valence-corrected chi connectivity index (χ4v) is 1.92. The summed E-state index contributed by atoms with van der Waals surface area (Å²) in [6, 6.07) is 7.97. The quantitative estimate of drug-likeness (QED) is 0.807. The molecule has 4 heteroatoms. The first-order valence-corrected chi connectivity index (χ1v) is 6.36. The minimum atomic E-state index is -0.150. The normalized spacial score (nSPS) is 10.5. The number of hydrogen-bond donors (Lipinski definition) is 2. The molecule has 1 aromatic carbocycles. The first-order valence-electron chi connectivity index (χ1n) is 6.36. The van der Waals surface area contributed by atoms with Crippen molar-refractivity contribution in [3.63, 3.8) is 0 Å². The molecule has 0 unspecified atom stereocenters. The first kappa shape index (κ1) is 14.5. The summed E-state index contributed by atoms with van der Waals surface area (Å²) in [6.07, 6.45) is 0. The Bertz CT molecular complexity index is 374. The van der Waals surface area contributed by atoms with Crippen LogP contribution in [-0.4, -0.2) is 36.8 Å². The molecule has 0 fully saturated rings. The van der Waals surface area contributed by atoms with Crippen molar-refractivity contribution in [2.75, 3.05) is 24.6 Å². The molecule has 0 heterocycles. The summed E-state index contributed by atoms with van der Waals surface area (Å²) in [5.74, 6) is -0.150. The molecule has 1 amide bonds. The molecule has 0 radical (unpaired) electrons. The lowest BCUT2D eigenvalue weighted by Gasteiger charge is -2.27. The summed E-state index contributed by atoms with van der Waals surface area (Å²) < 4.78 is 0. The van der Waals surface area contributed by atoms with Crippen molar-refractivity contribution in [2.24, 2.45) is 0 Å². The minimum absolute atomic E-state index is 0.0409. The summed E-state index contributed by atoms with van der Waals surface area (Å²) in [5.41, 5.74) is 1.73. The maximum atomic E-state index is 11.7. The molecule has 1 aromatic rings. The van der Waals surface area contributed by atoms with Crippen molar-refractivity contribution < 1.29 is 9.90 Å².